The van der Waals surface area contributed by atoms with Crippen LogP contribution in [0.3, 0.4) is 0 Å². The number of sulfonamides is 1. The second kappa shape index (κ2) is 5.41. The van der Waals surface area contributed by atoms with Gasteiger partial charge in [-0.05, 0) is 24.3 Å². The van der Waals surface area contributed by atoms with E-state index in [-0.39, 0.29) is 4.90 Å². The lowest BCUT2D eigenvalue weighted by molar-refractivity contribution is 0.517. The highest BCUT2D eigenvalue weighted by atomic mass is 32.2. The van der Waals surface area contributed by atoms with Gasteiger partial charge in [0.25, 0.3) is 0 Å². The molecule has 0 unspecified atom stereocenters. The van der Waals surface area contributed by atoms with Gasteiger partial charge in [0.2, 0.25) is 10.0 Å². The highest BCUT2D eigenvalue weighted by Gasteiger charge is 2.17. The number of furan rings is 1. The van der Waals surface area contributed by atoms with Crippen molar-refractivity contribution in [1.82, 2.24) is 9.29 Å². The maximum absolute atomic E-state index is 11.8. The molecule has 0 saturated heterocycles. The van der Waals surface area contributed by atoms with Crippen molar-refractivity contribution in [2.75, 3.05) is 19.4 Å². The molecule has 0 fully saturated rings. The van der Waals surface area contributed by atoms with Gasteiger partial charge in [-0.15, -0.1) is 0 Å². The first kappa shape index (κ1) is 13.6. The van der Waals surface area contributed by atoms with Crippen LogP contribution in [0, 0.1) is 0 Å². The van der Waals surface area contributed by atoms with Crippen LogP contribution < -0.4 is 5.32 Å². The highest BCUT2D eigenvalue weighted by Crippen LogP contribution is 2.14. The van der Waals surface area contributed by atoms with Crippen LogP contribution in [0.1, 0.15) is 5.76 Å². The van der Waals surface area contributed by atoms with Crippen LogP contribution in [0.15, 0.2) is 46.0 Å². The van der Waals surface area contributed by atoms with E-state index in [4.69, 9.17) is 4.42 Å². The lowest BCUT2D eigenvalue weighted by Gasteiger charge is -2.11. The first-order valence-electron chi connectivity index (χ1n) is 5.65. The summed E-state index contributed by atoms with van der Waals surface area (Å²) in [6, 6.07) is 6.79. The van der Waals surface area contributed by atoms with E-state index in [2.05, 4.69) is 10.3 Å². The summed E-state index contributed by atoms with van der Waals surface area (Å²) in [4.78, 5) is 4.24. The molecule has 102 valence electrons. The van der Waals surface area contributed by atoms with Gasteiger partial charge in [-0.3, -0.25) is 0 Å². The molecule has 0 aliphatic carbocycles. The van der Waals surface area contributed by atoms with Crippen LogP contribution in [-0.4, -0.2) is 31.8 Å². The molecule has 0 aromatic carbocycles. The van der Waals surface area contributed by atoms with Gasteiger partial charge in [-0.2, -0.15) is 0 Å². The number of nitrogens with zero attached hydrogens (tertiary/aromatic N) is 2. The maximum Gasteiger partial charge on any atom is 0.244 e. The highest BCUT2D eigenvalue weighted by molar-refractivity contribution is 7.89. The minimum absolute atomic E-state index is 0.168. The van der Waals surface area contributed by atoms with Crippen molar-refractivity contribution in [2.24, 2.45) is 0 Å². The summed E-state index contributed by atoms with van der Waals surface area (Å²) in [6.07, 6.45) is 2.93. The van der Waals surface area contributed by atoms with E-state index in [1.165, 1.54) is 26.4 Å². The van der Waals surface area contributed by atoms with E-state index in [1.807, 2.05) is 6.07 Å². The second-order valence-electron chi connectivity index (χ2n) is 4.10. The van der Waals surface area contributed by atoms with Gasteiger partial charge in [0.1, 0.15) is 16.5 Å². The van der Waals surface area contributed by atoms with Crippen LogP contribution in [0.2, 0.25) is 0 Å². The minimum Gasteiger partial charge on any atom is -0.467 e. The van der Waals surface area contributed by atoms with Gasteiger partial charge in [-0.1, -0.05) is 0 Å². The lowest BCUT2D eigenvalue weighted by Crippen LogP contribution is -2.22. The largest absolute Gasteiger partial charge is 0.467 e. The number of pyridine rings is 1. The molecule has 2 heterocycles. The number of anilines is 1. The van der Waals surface area contributed by atoms with Gasteiger partial charge >= 0.3 is 0 Å². The zero-order valence-corrected chi connectivity index (χ0v) is 11.5. The number of hydrogen-bond donors (Lipinski definition) is 1. The van der Waals surface area contributed by atoms with E-state index in [1.54, 1.807) is 18.4 Å². The molecule has 7 heteroatoms. The molecule has 0 aliphatic rings. The quantitative estimate of drug-likeness (QED) is 0.899. The molecule has 0 amide bonds. The molecule has 0 spiro atoms. The average Bonchev–Trinajstić information content (AvgIpc) is 2.90. The lowest BCUT2D eigenvalue weighted by atomic mass is 10.4. The predicted molar refractivity (Wildman–Crippen MR) is 71.1 cm³/mol. The number of hydrogen-bond acceptors (Lipinski definition) is 5. The van der Waals surface area contributed by atoms with Gasteiger partial charge in [-0.25, -0.2) is 17.7 Å². The van der Waals surface area contributed by atoms with Crippen molar-refractivity contribution >= 4 is 15.8 Å². The summed E-state index contributed by atoms with van der Waals surface area (Å²) in [5.41, 5.74) is 0. The molecule has 6 nitrogen and oxygen atoms in total. The smallest absolute Gasteiger partial charge is 0.244 e. The Kier molecular flexibility index (Phi) is 3.87. The third-order valence-electron chi connectivity index (χ3n) is 2.54. The Hall–Kier alpha value is -1.86. The van der Waals surface area contributed by atoms with E-state index in [0.29, 0.717) is 12.4 Å². The third-order valence-corrected chi connectivity index (χ3v) is 4.34. The van der Waals surface area contributed by atoms with Gasteiger partial charge in [0, 0.05) is 20.3 Å². The van der Waals surface area contributed by atoms with Crippen LogP contribution in [0.4, 0.5) is 5.82 Å². The predicted octanol–water partition coefficient (Wildman–Crippen LogP) is 1.54. The second-order valence-corrected chi connectivity index (χ2v) is 6.25. The van der Waals surface area contributed by atoms with Crippen LogP contribution >= 0.6 is 0 Å². The molecule has 0 atom stereocenters. The fourth-order valence-electron chi connectivity index (χ4n) is 1.44. The van der Waals surface area contributed by atoms with E-state index >= 15 is 0 Å². The topological polar surface area (TPSA) is 75.4 Å². The third kappa shape index (κ3) is 3.12. The molecule has 0 aliphatic heterocycles. The fourth-order valence-corrected chi connectivity index (χ4v) is 2.29. The van der Waals surface area contributed by atoms with Crippen molar-refractivity contribution in [3.8, 4) is 0 Å². The molecule has 0 bridgehead atoms. The molecule has 2 rings (SSSR count). The monoisotopic (exact) mass is 281 g/mol. The van der Waals surface area contributed by atoms with E-state index in [9.17, 15) is 8.42 Å². The number of rotatable bonds is 5. The van der Waals surface area contributed by atoms with Gasteiger partial charge in [0.15, 0.2) is 0 Å². The first-order chi connectivity index (χ1) is 9.00. The summed E-state index contributed by atoms with van der Waals surface area (Å²) in [6.45, 7) is 0.500. The Labute approximate surface area is 112 Å². The SMILES string of the molecule is CN(C)S(=O)(=O)c1ccc(NCc2ccco2)nc1. The zero-order valence-electron chi connectivity index (χ0n) is 10.7. The van der Waals surface area contributed by atoms with Crippen molar-refractivity contribution in [1.29, 1.82) is 0 Å². The Morgan fingerprint density at radius 2 is 2.11 bits per heavy atom. The van der Waals surface area contributed by atoms with Crippen LogP contribution in [-0.2, 0) is 16.6 Å². The molecule has 2 aromatic heterocycles. The summed E-state index contributed by atoms with van der Waals surface area (Å²) in [7, 11) is -0.458. The van der Waals surface area contributed by atoms with E-state index < -0.39 is 10.0 Å². The van der Waals surface area contributed by atoms with Crippen molar-refractivity contribution in [2.45, 2.75) is 11.4 Å². The van der Waals surface area contributed by atoms with Gasteiger partial charge < -0.3 is 9.73 Å². The van der Waals surface area contributed by atoms with Crippen molar-refractivity contribution in [3.05, 3.63) is 42.5 Å². The first-order valence-corrected chi connectivity index (χ1v) is 7.09. The number of aromatic nitrogens is 1. The minimum atomic E-state index is -3.43. The molecule has 19 heavy (non-hydrogen) atoms. The van der Waals surface area contributed by atoms with Crippen LogP contribution in [0.5, 0.6) is 0 Å². The standard InChI is InChI=1S/C12H15N3O3S/c1-15(2)19(16,17)11-5-6-12(14-9-11)13-8-10-4-3-7-18-10/h3-7,9H,8H2,1-2H3,(H,13,14). The molecule has 2 aromatic rings. The summed E-state index contributed by atoms with van der Waals surface area (Å²) in [5.74, 6) is 1.38. The van der Waals surface area contributed by atoms with Crippen molar-refractivity contribution < 1.29 is 12.8 Å². The summed E-state index contributed by atoms with van der Waals surface area (Å²) >= 11 is 0. The Balaban J connectivity index is 2.07. The fraction of sp³-hybridized carbons (Fsp3) is 0.250. The Morgan fingerprint density at radius 1 is 1.32 bits per heavy atom. The van der Waals surface area contributed by atoms with E-state index in [0.717, 1.165) is 10.1 Å². The average molecular weight is 281 g/mol. The summed E-state index contributed by atoms with van der Waals surface area (Å²) < 4.78 is 30.0. The molecule has 0 saturated carbocycles. The normalized spacial score (nSPS) is 11.7. The molecule has 1 N–H and O–H groups in total. The number of nitrogens with one attached hydrogen (secondary N) is 1. The molecule has 0 radical (unpaired) electrons. The molecular formula is C12H15N3O3S. The zero-order chi connectivity index (χ0) is 13.9. The Bertz CT molecular complexity index is 619. The maximum atomic E-state index is 11.8. The Morgan fingerprint density at radius 3 is 2.63 bits per heavy atom. The molecular weight excluding hydrogens is 266 g/mol. The van der Waals surface area contributed by atoms with Gasteiger partial charge in [0.05, 0.1) is 12.8 Å². The summed E-state index contributed by atoms with van der Waals surface area (Å²) in [5, 5.41) is 3.04. The van der Waals surface area contributed by atoms with Crippen molar-refractivity contribution in [3.63, 3.8) is 0 Å². The van der Waals surface area contributed by atoms with Crippen LogP contribution in [0.25, 0.3) is 0 Å².